The topological polar surface area (TPSA) is 61.8 Å². The number of hydrogen-bond acceptors (Lipinski definition) is 5. The van der Waals surface area contributed by atoms with Crippen LogP contribution >= 0.6 is 23.5 Å². The van der Waals surface area contributed by atoms with Crippen molar-refractivity contribution in [3.05, 3.63) is 0 Å². The van der Waals surface area contributed by atoms with Gasteiger partial charge in [-0.2, -0.15) is 0 Å². The third-order valence-electron chi connectivity index (χ3n) is 1.39. The van der Waals surface area contributed by atoms with E-state index in [2.05, 4.69) is 25.2 Å². The molecule has 0 radical (unpaired) electrons. The molecule has 7 heteroatoms. The quantitative estimate of drug-likeness (QED) is 0.309. The van der Waals surface area contributed by atoms with Gasteiger partial charge in [0.2, 0.25) is 0 Å². The van der Waals surface area contributed by atoms with E-state index in [1.807, 2.05) is 0 Å². The largest absolute Gasteiger partial charge is 0.469 e. The molecule has 0 heterocycles. The summed E-state index contributed by atoms with van der Waals surface area (Å²) in [6.07, 6.45) is 0.358. The van der Waals surface area contributed by atoms with Crippen LogP contribution in [0.2, 0.25) is 0 Å². The van der Waals surface area contributed by atoms with Gasteiger partial charge in [-0.3, -0.25) is 9.36 Å². The summed E-state index contributed by atoms with van der Waals surface area (Å²) in [6.45, 7) is 0.285. The molecule has 0 N–H and O–H groups in total. The van der Waals surface area contributed by atoms with Gasteiger partial charge in [-0.05, 0) is 6.42 Å². The summed E-state index contributed by atoms with van der Waals surface area (Å²) in [4.78, 5) is 10.9. The van der Waals surface area contributed by atoms with Gasteiger partial charge in [0.15, 0.2) is 0 Å². The van der Waals surface area contributed by atoms with Crippen LogP contribution in [0, 0.1) is 0 Å². The van der Waals surface area contributed by atoms with Crippen molar-refractivity contribution < 1.29 is 23.1 Å². The predicted molar refractivity (Wildman–Crippen MR) is 55.9 cm³/mol. The maximum atomic E-state index is 11.7. The molecule has 0 spiro atoms. The van der Waals surface area contributed by atoms with Crippen molar-refractivity contribution in [3.8, 4) is 0 Å². The molecule has 1 unspecified atom stereocenters. The Balaban J connectivity index is 4.05. The van der Waals surface area contributed by atoms with Crippen LogP contribution in [0.3, 0.4) is 0 Å². The summed E-state index contributed by atoms with van der Waals surface area (Å²) >= 11 is 3.20. The van der Waals surface area contributed by atoms with Gasteiger partial charge in [-0.25, -0.2) is 0 Å². The van der Waals surface area contributed by atoms with Crippen molar-refractivity contribution in [2.75, 3.05) is 32.3 Å². The molecule has 0 aromatic rings. The molecule has 0 rings (SSSR count). The molecule has 0 aromatic carbocycles. The fourth-order valence-electron chi connectivity index (χ4n) is 0.644. The summed E-state index contributed by atoms with van der Waals surface area (Å²) in [5, 5.41) is 0.745. The number of methoxy groups -OCH3 is 1. The van der Waals surface area contributed by atoms with Gasteiger partial charge in [0.1, 0.15) is 6.16 Å². The highest BCUT2D eigenvalue weighted by atomic mass is 79.9. The predicted octanol–water partition coefficient (Wildman–Crippen LogP) is 1.80. The lowest BCUT2D eigenvalue weighted by Crippen LogP contribution is -2.10. The summed E-state index contributed by atoms with van der Waals surface area (Å²) < 4.78 is 25.7. The summed E-state index contributed by atoms with van der Waals surface area (Å²) in [6, 6.07) is 0. The molecule has 1 atom stereocenters. The maximum absolute atomic E-state index is 11.7. The molecule has 0 amide bonds. The summed E-state index contributed by atoms with van der Waals surface area (Å²) in [7, 11) is -0.827. The SMILES string of the molecule is COC(=O)CP(=O)(OC)OCCCBr. The van der Waals surface area contributed by atoms with E-state index in [9.17, 15) is 9.36 Å². The fourth-order valence-corrected chi connectivity index (χ4v) is 2.05. The minimum Gasteiger partial charge on any atom is -0.469 e. The number of rotatable bonds is 7. The molecule has 0 saturated heterocycles. The van der Waals surface area contributed by atoms with Crippen molar-refractivity contribution >= 4 is 29.5 Å². The van der Waals surface area contributed by atoms with Crippen LogP contribution in [0.15, 0.2) is 0 Å². The Labute approximate surface area is 91.8 Å². The van der Waals surface area contributed by atoms with E-state index in [-0.39, 0.29) is 12.8 Å². The molecule has 84 valence electrons. The van der Waals surface area contributed by atoms with Gasteiger partial charge in [0, 0.05) is 12.4 Å². The molecule has 0 bridgehead atoms. The number of carbonyl (C=O) groups excluding carboxylic acids is 1. The van der Waals surface area contributed by atoms with Crippen molar-refractivity contribution in [1.82, 2.24) is 0 Å². The van der Waals surface area contributed by atoms with Crippen molar-refractivity contribution in [1.29, 1.82) is 0 Å². The van der Waals surface area contributed by atoms with E-state index in [4.69, 9.17) is 4.52 Å². The van der Waals surface area contributed by atoms with Crippen molar-refractivity contribution in [2.45, 2.75) is 6.42 Å². The second-order valence-electron chi connectivity index (χ2n) is 2.40. The summed E-state index contributed by atoms with van der Waals surface area (Å²) in [5.41, 5.74) is 0. The molecule has 0 saturated carbocycles. The zero-order chi connectivity index (χ0) is 11.0. The van der Waals surface area contributed by atoms with Gasteiger partial charge in [-0.1, -0.05) is 15.9 Å². The zero-order valence-electron chi connectivity index (χ0n) is 8.19. The lowest BCUT2D eigenvalue weighted by atomic mass is 10.5. The lowest BCUT2D eigenvalue weighted by molar-refractivity contribution is -0.137. The molecule has 0 aromatic heterocycles. The summed E-state index contributed by atoms with van der Waals surface area (Å²) in [5.74, 6) is -0.603. The highest BCUT2D eigenvalue weighted by Crippen LogP contribution is 2.47. The molecular formula is C7H14BrO5P. The average molecular weight is 289 g/mol. The second kappa shape index (κ2) is 7.40. The third kappa shape index (κ3) is 5.75. The van der Waals surface area contributed by atoms with Crippen LogP contribution in [0.25, 0.3) is 0 Å². The Kier molecular flexibility index (Phi) is 7.45. The van der Waals surface area contributed by atoms with Gasteiger partial charge in [0.25, 0.3) is 0 Å². The molecule has 0 aliphatic carbocycles. The average Bonchev–Trinajstić information content (AvgIpc) is 2.18. The van der Waals surface area contributed by atoms with Crippen LogP contribution in [0.5, 0.6) is 0 Å². The van der Waals surface area contributed by atoms with Gasteiger partial charge in [-0.15, -0.1) is 0 Å². The van der Waals surface area contributed by atoms with E-state index in [0.717, 1.165) is 5.33 Å². The van der Waals surface area contributed by atoms with E-state index < -0.39 is 13.6 Å². The number of alkyl halides is 1. The number of hydrogen-bond donors (Lipinski definition) is 0. The number of ether oxygens (including phenoxy) is 1. The standard InChI is InChI=1S/C7H14BrO5P/c1-11-7(9)6-14(10,12-2)13-5-3-4-8/h3-6H2,1-2H3. The van der Waals surface area contributed by atoms with Crippen LogP contribution in [0.1, 0.15) is 6.42 Å². The Hall–Kier alpha value is 0.100. The molecule has 0 aliphatic rings. The molecule has 14 heavy (non-hydrogen) atoms. The van der Waals surface area contributed by atoms with E-state index in [1.54, 1.807) is 0 Å². The first kappa shape index (κ1) is 14.1. The molecule has 5 nitrogen and oxygen atoms in total. The van der Waals surface area contributed by atoms with E-state index in [1.165, 1.54) is 14.2 Å². The molecule has 0 aliphatic heterocycles. The first-order valence-corrected chi connectivity index (χ1v) is 6.85. The molecule has 0 fully saturated rings. The first-order valence-electron chi connectivity index (χ1n) is 4.00. The monoisotopic (exact) mass is 288 g/mol. The van der Waals surface area contributed by atoms with Gasteiger partial charge in [0.05, 0.1) is 13.7 Å². The number of esters is 1. The Morgan fingerprint density at radius 3 is 2.50 bits per heavy atom. The van der Waals surface area contributed by atoms with E-state index in [0.29, 0.717) is 6.42 Å². The van der Waals surface area contributed by atoms with Crippen LogP contribution < -0.4 is 0 Å². The Bertz CT molecular complexity index is 220. The first-order chi connectivity index (χ1) is 6.58. The van der Waals surface area contributed by atoms with Crippen LogP contribution in [0.4, 0.5) is 0 Å². The van der Waals surface area contributed by atoms with Crippen LogP contribution in [-0.4, -0.2) is 38.3 Å². The lowest BCUT2D eigenvalue weighted by Gasteiger charge is -2.14. The highest BCUT2D eigenvalue weighted by Gasteiger charge is 2.27. The Morgan fingerprint density at radius 2 is 2.07 bits per heavy atom. The number of halogens is 1. The van der Waals surface area contributed by atoms with Gasteiger partial charge < -0.3 is 13.8 Å². The Morgan fingerprint density at radius 1 is 1.43 bits per heavy atom. The van der Waals surface area contributed by atoms with Crippen LogP contribution in [-0.2, 0) is 23.1 Å². The fraction of sp³-hybridized carbons (Fsp3) is 0.857. The number of carbonyl (C=O) groups is 1. The van der Waals surface area contributed by atoms with E-state index >= 15 is 0 Å². The highest BCUT2D eigenvalue weighted by molar-refractivity contribution is 9.09. The van der Waals surface area contributed by atoms with Crippen molar-refractivity contribution in [2.24, 2.45) is 0 Å². The maximum Gasteiger partial charge on any atom is 0.341 e. The minimum absolute atomic E-state index is 0.285. The smallest absolute Gasteiger partial charge is 0.341 e. The molecular weight excluding hydrogens is 275 g/mol. The van der Waals surface area contributed by atoms with Gasteiger partial charge >= 0.3 is 13.6 Å². The zero-order valence-corrected chi connectivity index (χ0v) is 10.7. The third-order valence-corrected chi connectivity index (χ3v) is 3.73. The second-order valence-corrected chi connectivity index (χ2v) is 5.36. The van der Waals surface area contributed by atoms with Crippen molar-refractivity contribution in [3.63, 3.8) is 0 Å². The minimum atomic E-state index is -3.30. The normalized spacial score (nSPS) is 14.8.